The molecule has 66 valence electrons. The average molecular weight is 180 g/mol. The SMILES string of the molecule is CP(=O)(O)CCCCC(=O)O. The fourth-order valence-corrected chi connectivity index (χ4v) is 1.49. The van der Waals surface area contributed by atoms with E-state index in [1.807, 2.05) is 0 Å². The zero-order valence-electron chi connectivity index (χ0n) is 6.49. The molecule has 0 amide bonds. The second-order valence-corrected chi connectivity index (χ2v) is 5.17. The van der Waals surface area contributed by atoms with Gasteiger partial charge in [0.25, 0.3) is 0 Å². The minimum atomic E-state index is -2.92. The van der Waals surface area contributed by atoms with Crippen molar-refractivity contribution in [1.29, 1.82) is 0 Å². The molecule has 5 heteroatoms. The number of rotatable bonds is 5. The summed E-state index contributed by atoms with van der Waals surface area (Å²) in [6, 6.07) is 0. The smallest absolute Gasteiger partial charge is 0.303 e. The van der Waals surface area contributed by atoms with Gasteiger partial charge in [-0.2, -0.15) is 0 Å². The van der Waals surface area contributed by atoms with Gasteiger partial charge in [-0.3, -0.25) is 9.36 Å². The van der Waals surface area contributed by atoms with E-state index in [-0.39, 0.29) is 12.6 Å². The third-order valence-electron chi connectivity index (χ3n) is 1.21. The largest absolute Gasteiger partial charge is 0.481 e. The van der Waals surface area contributed by atoms with E-state index in [9.17, 15) is 9.36 Å². The van der Waals surface area contributed by atoms with E-state index in [0.29, 0.717) is 12.8 Å². The van der Waals surface area contributed by atoms with E-state index in [0.717, 1.165) is 0 Å². The minimum absolute atomic E-state index is 0.0833. The Balaban J connectivity index is 3.29. The Kier molecular flexibility index (Phi) is 4.38. The zero-order chi connectivity index (χ0) is 8.91. The monoisotopic (exact) mass is 180 g/mol. The van der Waals surface area contributed by atoms with Crippen LogP contribution < -0.4 is 0 Å². The highest BCUT2D eigenvalue weighted by Gasteiger charge is 2.08. The number of carboxylic acid groups (broad SMARTS) is 1. The second-order valence-electron chi connectivity index (χ2n) is 2.63. The predicted octanol–water partition coefficient (Wildman–Crippen LogP) is 1.14. The van der Waals surface area contributed by atoms with Crippen LogP contribution >= 0.6 is 7.37 Å². The van der Waals surface area contributed by atoms with Crippen molar-refractivity contribution in [1.82, 2.24) is 0 Å². The highest BCUT2D eigenvalue weighted by molar-refractivity contribution is 7.57. The first-order valence-electron chi connectivity index (χ1n) is 3.43. The molecule has 0 saturated carbocycles. The van der Waals surface area contributed by atoms with Crippen LogP contribution in [0.5, 0.6) is 0 Å². The van der Waals surface area contributed by atoms with Crippen molar-refractivity contribution in [2.75, 3.05) is 12.8 Å². The molecule has 1 unspecified atom stereocenters. The van der Waals surface area contributed by atoms with Crippen LogP contribution in [0.15, 0.2) is 0 Å². The Labute approximate surface area is 65.7 Å². The van der Waals surface area contributed by atoms with Crippen LogP contribution in [0.25, 0.3) is 0 Å². The van der Waals surface area contributed by atoms with Crippen molar-refractivity contribution in [3.8, 4) is 0 Å². The topological polar surface area (TPSA) is 74.6 Å². The lowest BCUT2D eigenvalue weighted by molar-refractivity contribution is -0.137. The Bertz CT molecular complexity index is 171. The molecule has 0 aromatic heterocycles. The lowest BCUT2D eigenvalue weighted by atomic mass is 10.2. The van der Waals surface area contributed by atoms with Crippen molar-refractivity contribution >= 4 is 13.3 Å². The summed E-state index contributed by atoms with van der Waals surface area (Å²) in [5.74, 6) is -0.853. The molecule has 4 nitrogen and oxygen atoms in total. The maximum atomic E-state index is 10.7. The molecular weight excluding hydrogens is 167 g/mol. The first-order valence-corrected chi connectivity index (χ1v) is 5.72. The van der Waals surface area contributed by atoms with E-state index in [2.05, 4.69) is 0 Å². The molecule has 0 aromatic rings. The fraction of sp³-hybridized carbons (Fsp3) is 0.833. The summed E-state index contributed by atoms with van der Waals surface area (Å²) in [6.45, 7) is 1.29. The van der Waals surface area contributed by atoms with Gasteiger partial charge in [-0.25, -0.2) is 0 Å². The summed E-state index contributed by atoms with van der Waals surface area (Å²) in [6.07, 6.45) is 1.30. The van der Waals surface area contributed by atoms with Gasteiger partial charge in [0.15, 0.2) is 7.37 Å². The van der Waals surface area contributed by atoms with E-state index >= 15 is 0 Å². The van der Waals surface area contributed by atoms with E-state index in [1.165, 1.54) is 6.66 Å². The molecule has 1 atom stereocenters. The average Bonchev–Trinajstić information content (AvgIpc) is 1.78. The predicted molar refractivity (Wildman–Crippen MR) is 42.1 cm³/mol. The quantitative estimate of drug-likeness (QED) is 0.491. The van der Waals surface area contributed by atoms with Crippen molar-refractivity contribution < 1.29 is 19.4 Å². The molecule has 0 rings (SSSR count). The molecule has 0 spiro atoms. The lowest BCUT2D eigenvalue weighted by Crippen LogP contribution is -1.95. The Hall–Kier alpha value is -0.340. The van der Waals surface area contributed by atoms with Crippen LogP contribution in [-0.4, -0.2) is 28.8 Å². The van der Waals surface area contributed by atoms with Gasteiger partial charge in [-0.05, 0) is 12.8 Å². The van der Waals surface area contributed by atoms with Gasteiger partial charge < -0.3 is 10.00 Å². The second kappa shape index (κ2) is 4.52. The van der Waals surface area contributed by atoms with E-state index in [4.69, 9.17) is 10.00 Å². The number of carbonyl (C=O) groups is 1. The van der Waals surface area contributed by atoms with Crippen LogP contribution in [0.4, 0.5) is 0 Å². The first kappa shape index (κ1) is 10.7. The zero-order valence-corrected chi connectivity index (χ0v) is 7.38. The summed E-state index contributed by atoms with van der Waals surface area (Å²) in [7, 11) is -2.92. The van der Waals surface area contributed by atoms with Crippen LogP contribution in [0, 0.1) is 0 Å². The third-order valence-corrected chi connectivity index (χ3v) is 2.36. The van der Waals surface area contributed by atoms with E-state index in [1.54, 1.807) is 0 Å². The fourth-order valence-electron chi connectivity index (χ4n) is 0.681. The van der Waals surface area contributed by atoms with Crippen LogP contribution in [-0.2, 0) is 9.36 Å². The highest BCUT2D eigenvalue weighted by atomic mass is 31.2. The molecule has 0 heterocycles. The van der Waals surface area contributed by atoms with Crippen molar-refractivity contribution in [3.05, 3.63) is 0 Å². The minimum Gasteiger partial charge on any atom is -0.481 e. The number of carboxylic acids is 1. The van der Waals surface area contributed by atoms with Crippen molar-refractivity contribution in [2.24, 2.45) is 0 Å². The number of hydrogen-bond acceptors (Lipinski definition) is 2. The van der Waals surface area contributed by atoms with Crippen LogP contribution in [0.1, 0.15) is 19.3 Å². The summed E-state index contributed by atoms with van der Waals surface area (Å²) in [4.78, 5) is 18.8. The van der Waals surface area contributed by atoms with Gasteiger partial charge >= 0.3 is 5.97 Å². The summed E-state index contributed by atoms with van der Waals surface area (Å²) in [5.41, 5.74) is 0. The molecule has 0 aliphatic rings. The maximum Gasteiger partial charge on any atom is 0.303 e. The van der Waals surface area contributed by atoms with Gasteiger partial charge in [0, 0.05) is 19.2 Å². The maximum absolute atomic E-state index is 10.7. The summed E-state index contributed by atoms with van der Waals surface area (Å²) in [5, 5.41) is 8.21. The highest BCUT2D eigenvalue weighted by Crippen LogP contribution is 2.36. The Morgan fingerprint density at radius 2 is 2.00 bits per heavy atom. The van der Waals surface area contributed by atoms with E-state index < -0.39 is 13.3 Å². The van der Waals surface area contributed by atoms with Gasteiger partial charge in [0.05, 0.1) is 0 Å². The molecule has 0 fully saturated rings. The molecule has 0 aromatic carbocycles. The lowest BCUT2D eigenvalue weighted by Gasteiger charge is -2.02. The molecule has 2 N–H and O–H groups in total. The number of unbranched alkanes of at least 4 members (excludes halogenated alkanes) is 1. The summed E-state index contributed by atoms with van der Waals surface area (Å²) < 4.78 is 10.7. The van der Waals surface area contributed by atoms with Crippen LogP contribution in [0.3, 0.4) is 0 Å². The summed E-state index contributed by atoms with van der Waals surface area (Å²) >= 11 is 0. The molecular formula is C6H13O4P. The Morgan fingerprint density at radius 3 is 2.36 bits per heavy atom. The van der Waals surface area contributed by atoms with Gasteiger partial charge in [-0.15, -0.1) is 0 Å². The number of hydrogen-bond donors (Lipinski definition) is 2. The molecule has 0 aliphatic heterocycles. The normalized spacial score (nSPS) is 15.8. The molecule has 11 heavy (non-hydrogen) atoms. The van der Waals surface area contributed by atoms with Crippen molar-refractivity contribution in [3.63, 3.8) is 0 Å². The standard InChI is InChI=1S/C6H13O4P/c1-11(9,10)5-3-2-4-6(7)8/h2-5H2,1H3,(H,7,8)(H,9,10). The molecule has 0 radical (unpaired) electrons. The molecule has 0 bridgehead atoms. The molecule has 0 aliphatic carbocycles. The third kappa shape index (κ3) is 9.66. The first-order chi connectivity index (χ1) is 4.92. The van der Waals surface area contributed by atoms with Crippen LogP contribution in [0.2, 0.25) is 0 Å². The molecule has 0 saturated heterocycles. The Morgan fingerprint density at radius 1 is 1.45 bits per heavy atom. The van der Waals surface area contributed by atoms with Gasteiger partial charge in [0.1, 0.15) is 0 Å². The van der Waals surface area contributed by atoms with Crippen molar-refractivity contribution in [2.45, 2.75) is 19.3 Å². The van der Waals surface area contributed by atoms with Gasteiger partial charge in [-0.1, -0.05) is 0 Å². The number of aliphatic carboxylic acids is 1. The van der Waals surface area contributed by atoms with Gasteiger partial charge in [0.2, 0.25) is 0 Å².